The highest BCUT2D eigenvalue weighted by Crippen LogP contribution is 2.35. The van der Waals surface area contributed by atoms with E-state index in [1.54, 1.807) is 6.92 Å². The molecule has 3 nitrogen and oxygen atoms in total. The van der Waals surface area contributed by atoms with Gasteiger partial charge in [0.2, 0.25) is 0 Å². The van der Waals surface area contributed by atoms with Crippen LogP contribution in [-0.4, -0.2) is 25.8 Å². The number of aryl methyl sites for hydroxylation is 1. The molecule has 1 N–H and O–H groups in total. The van der Waals surface area contributed by atoms with Crippen molar-refractivity contribution in [1.29, 1.82) is 0 Å². The second-order valence-electron chi connectivity index (χ2n) is 5.78. The van der Waals surface area contributed by atoms with Gasteiger partial charge in [0, 0.05) is 24.4 Å². The van der Waals surface area contributed by atoms with Crippen molar-refractivity contribution in [3.8, 4) is 0 Å². The smallest absolute Gasteiger partial charge is 0.167 e. The van der Waals surface area contributed by atoms with Crippen molar-refractivity contribution in [2.75, 3.05) is 19.8 Å². The molecule has 2 aromatic rings. The third-order valence-corrected chi connectivity index (χ3v) is 3.81. The van der Waals surface area contributed by atoms with Crippen LogP contribution in [0.3, 0.4) is 0 Å². The molecular weight excluding hydrogens is 257 g/mol. The first-order chi connectivity index (χ1) is 9.54. The van der Waals surface area contributed by atoms with Crippen molar-refractivity contribution < 1.29 is 13.5 Å². The lowest BCUT2D eigenvalue weighted by Crippen LogP contribution is -2.44. The van der Waals surface area contributed by atoms with Gasteiger partial charge in [0.15, 0.2) is 5.67 Å². The van der Waals surface area contributed by atoms with Crippen LogP contribution in [0.4, 0.5) is 4.39 Å². The summed E-state index contributed by atoms with van der Waals surface area (Å²) in [4.78, 5) is 0. The van der Waals surface area contributed by atoms with Crippen molar-refractivity contribution in [3.63, 3.8) is 0 Å². The van der Waals surface area contributed by atoms with Gasteiger partial charge in [-0.3, -0.25) is 0 Å². The summed E-state index contributed by atoms with van der Waals surface area (Å²) in [5.41, 5.74) is 0.390. The Bertz CT molecular complexity index is 600. The normalized spacial score (nSPS) is 22.9. The minimum atomic E-state index is -1.49. The molecule has 0 aliphatic carbocycles. The summed E-state index contributed by atoms with van der Waals surface area (Å²) in [7, 11) is 0. The predicted octanol–water partition coefficient (Wildman–Crippen LogP) is 3.30. The Hall–Kier alpha value is -1.39. The lowest BCUT2D eigenvalue weighted by atomic mass is 9.95. The van der Waals surface area contributed by atoms with Gasteiger partial charge in [-0.05, 0) is 32.0 Å². The minimum absolute atomic E-state index is 0.0358. The molecule has 1 aliphatic rings. The first-order valence-electron chi connectivity index (χ1n) is 7.05. The Morgan fingerprint density at radius 3 is 3.00 bits per heavy atom. The fourth-order valence-corrected chi connectivity index (χ4v) is 2.73. The summed E-state index contributed by atoms with van der Waals surface area (Å²) >= 11 is 0. The molecule has 0 amide bonds. The van der Waals surface area contributed by atoms with Crippen LogP contribution in [0, 0.1) is 6.92 Å². The molecule has 0 radical (unpaired) electrons. The largest absolute Gasteiger partial charge is 0.458 e. The summed E-state index contributed by atoms with van der Waals surface area (Å²) < 4.78 is 26.0. The van der Waals surface area contributed by atoms with Gasteiger partial charge < -0.3 is 14.5 Å². The van der Waals surface area contributed by atoms with Crippen molar-refractivity contribution in [2.24, 2.45) is 0 Å². The summed E-state index contributed by atoms with van der Waals surface area (Å²) in [5, 5.41) is 4.24. The molecule has 1 aromatic heterocycles. The summed E-state index contributed by atoms with van der Waals surface area (Å²) in [6.45, 7) is 5.63. The molecule has 108 valence electrons. The van der Waals surface area contributed by atoms with E-state index < -0.39 is 5.67 Å². The highest BCUT2D eigenvalue weighted by Gasteiger charge is 2.34. The van der Waals surface area contributed by atoms with E-state index in [2.05, 4.69) is 5.32 Å². The molecule has 4 heteroatoms. The second kappa shape index (κ2) is 5.19. The lowest BCUT2D eigenvalue weighted by Gasteiger charge is -2.28. The van der Waals surface area contributed by atoms with E-state index in [1.807, 2.05) is 31.2 Å². The minimum Gasteiger partial charge on any atom is -0.458 e. The zero-order valence-electron chi connectivity index (χ0n) is 11.9. The van der Waals surface area contributed by atoms with E-state index >= 15 is 0 Å². The Morgan fingerprint density at radius 1 is 1.40 bits per heavy atom. The highest BCUT2D eigenvalue weighted by atomic mass is 19.1. The quantitative estimate of drug-likeness (QED) is 0.934. The van der Waals surface area contributed by atoms with Crippen LogP contribution in [-0.2, 0) is 10.4 Å². The second-order valence-corrected chi connectivity index (χ2v) is 5.78. The average Bonchev–Trinajstić information content (AvgIpc) is 2.83. The number of ether oxygens (including phenoxy) is 1. The first-order valence-corrected chi connectivity index (χ1v) is 7.05. The molecule has 0 saturated carbocycles. The molecule has 20 heavy (non-hydrogen) atoms. The van der Waals surface area contributed by atoms with Crippen LogP contribution in [0.1, 0.15) is 24.7 Å². The van der Waals surface area contributed by atoms with Gasteiger partial charge >= 0.3 is 0 Å². The van der Waals surface area contributed by atoms with Crippen LogP contribution in [0.15, 0.2) is 28.7 Å². The Balaban J connectivity index is 1.83. The van der Waals surface area contributed by atoms with Crippen LogP contribution in [0.25, 0.3) is 11.0 Å². The number of fused-ring (bicyclic) bond motifs is 1. The molecular formula is C16H20FNO2. The maximum Gasteiger partial charge on any atom is 0.167 e. The standard InChI is InChI=1S/C16H20FNO2/c1-11-3-4-14-12(7-11)8-15(20-14)16(2,17)9-13-10-19-6-5-18-13/h3-4,7-8,13,18H,5-6,9-10H2,1-2H3. The van der Waals surface area contributed by atoms with Crippen LogP contribution in [0.5, 0.6) is 0 Å². The van der Waals surface area contributed by atoms with Gasteiger partial charge in [-0.1, -0.05) is 11.6 Å². The average molecular weight is 277 g/mol. The number of halogens is 1. The molecule has 1 aliphatic heterocycles. The molecule has 3 rings (SSSR count). The fraction of sp³-hybridized carbons (Fsp3) is 0.500. The first kappa shape index (κ1) is 13.6. The van der Waals surface area contributed by atoms with E-state index in [9.17, 15) is 4.39 Å². The molecule has 2 heterocycles. The highest BCUT2D eigenvalue weighted by molar-refractivity contribution is 5.78. The number of alkyl halides is 1. The summed E-state index contributed by atoms with van der Waals surface area (Å²) in [5.74, 6) is 0.394. The third-order valence-electron chi connectivity index (χ3n) is 3.81. The summed E-state index contributed by atoms with van der Waals surface area (Å²) in [6.07, 6.45) is 0.353. The maximum atomic E-state index is 15.0. The van der Waals surface area contributed by atoms with Crippen LogP contribution in [0.2, 0.25) is 0 Å². The lowest BCUT2D eigenvalue weighted by molar-refractivity contribution is 0.0413. The maximum absolute atomic E-state index is 15.0. The molecule has 1 fully saturated rings. The number of hydrogen-bond donors (Lipinski definition) is 1. The number of benzene rings is 1. The number of furan rings is 1. The van der Waals surface area contributed by atoms with E-state index in [1.165, 1.54) is 0 Å². The molecule has 1 saturated heterocycles. The summed E-state index contributed by atoms with van der Waals surface area (Å²) in [6, 6.07) is 7.73. The Kier molecular flexibility index (Phi) is 3.52. The number of rotatable bonds is 3. The van der Waals surface area contributed by atoms with E-state index in [0.717, 1.165) is 23.1 Å². The number of morpholine rings is 1. The molecule has 2 atom stereocenters. The van der Waals surface area contributed by atoms with Crippen LogP contribution < -0.4 is 5.32 Å². The van der Waals surface area contributed by atoms with Gasteiger partial charge in [-0.25, -0.2) is 4.39 Å². The third kappa shape index (κ3) is 2.72. The zero-order valence-corrected chi connectivity index (χ0v) is 11.9. The molecule has 0 spiro atoms. The predicted molar refractivity (Wildman–Crippen MR) is 76.6 cm³/mol. The van der Waals surface area contributed by atoms with Crippen molar-refractivity contribution in [3.05, 3.63) is 35.6 Å². The zero-order chi connectivity index (χ0) is 14.2. The number of nitrogens with one attached hydrogen (secondary N) is 1. The Labute approximate surface area is 118 Å². The van der Waals surface area contributed by atoms with Crippen molar-refractivity contribution >= 4 is 11.0 Å². The van der Waals surface area contributed by atoms with Gasteiger partial charge in [-0.2, -0.15) is 0 Å². The van der Waals surface area contributed by atoms with E-state index in [-0.39, 0.29) is 6.04 Å². The topological polar surface area (TPSA) is 34.4 Å². The van der Waals surface area contributed by atoms with Crippen molar-refractivity contribution in [2.45, 2.75) is 32.0 Å². The van der Waals surface area contributed by atoms with Gasteiger partial charge in [0.1, 0.15) is 11.3 Å². The SMILES string of the molecule is Cc1ccc2oc(C(C)(F)CC3COCCN3)cc2c1. The molecule has 2 unspecified atom stereocenters. The van der Waals surface area contributed by atoms with E-state index in [4.69, 9.17) is 9.15 Å². The van der Waals surface area contributed by atoms with Gasteiger partial charge in [-0.15, -0.1) is 0 Å². The van der Waals surface area contributed by atoms with Crippen LogP contribution >= 0.6 is 0 Å². The van der Waals surface area contributed by atoms with Gasteiger partial charge in [0.05, 0.1) is 13.2 Å². The number of hydrogen-bond acceptors (Lipinski definition) is 3. The van der Waals surface area contributed by atoms with Crippen molar-refractivity contribution in [1.82, 2.24) is 5.32 Å². The van der Waals surface area contributed by atoms with Gasteiger partial charge in [0.25, 0.3) is 0 Å². The monoisotopic (exact) mass is 277 g/mol. The fourth-order valence-electron chi connectivity index (χ4n) is 2.73. The van der Waals surface area contributed by atoms with E-state index in [0.29, 0.717) is 25.4 Å². The molecule has 1 aromatic carbocycles. The molecule has 0 bridgehead atoms. The Morgan fingerprint density at radius 2 is 2.25 bits per heavy atom.